The van der Waals surface area contributed by atoms with Gasteiger partial charge in [0.25, 0.3) is 0 Å². The molecule has 0 saturated carbocycles. The number of nitrogens with zero attached hydrogens (tertiary/aromatic N) is 3. The first-order valence-electron chi connectivity index (χ1n) is 7.12. The standard InChI is InChI=1S/C15H22ClN3O2/c1-4-12(10-20)19(8-13-6-5-7-21-13)9-14-11(2)17-18(3)15(14)16/h5-7,12,20H,4,8-10H2,1-3H3. The molecule has 21 heavy (non-hydrogen) atoms. The molecule has 0 spiro atoms. The molecule has 0 aromatic carbocycles. The van der Waals surface area contributed by atoms with Crippen LogP contribution in [0.25, 0.3) is 0 Å². The van der Waals surface area contributed by atoms with Gasteiger partial charge in [0.2, 0.25) is 0 Å². The lowest BCUT2D eigenvalue weighted by atomic mass is 10.1. The zero-order valence-electron chi connectivity index (χ0n) is 12.7. The average Bonchev–Trinajstić information content (AvgIpc) is 3.04. The van der Waals surface area contributed by atoms with Crippen LogP contribution in [-0.2, 0) is 20.1 Å². The number of furan rings is 1. The maximum atomic E-state index is 9.62. The summed E-state index contributed by atoms with van der Waals surface area (Å²) in [4.78, 5) is 2.18. The van der Waals surface area contributed by atoms with E-state index in [0.717, 1.165) is 23.4 Å². The molecule has 1 N–H and O–H groups in total. The van der Waals surface area contributed by atoms with E-state index in [4.69, 9.17) is 16.0 Å². The van der Waals surface area contributed by atoms with Crippen LogP contribution in [0.15, 0.2) is 22.8 Å². The molecule has 5 nitrogen and oxygen atoms in total. The van der Waals surface area contributed by atoms with Gasteiger partial charge in [-0.25, -0.2) is 0 Å². The fourth-order valence-electron chi connectivity index (χ4n) is 2.48. The normalized spacial score (nSPS) is 13.0. The molecule has 2 aromatic rings. The number of aromatic nitrogens is 2. The molecule has 1 unspecified atom stereocenters. The number of aliphatic hydroxyl groups is 1. The van der Waals surface area contributed by atoms with Crippen LogP contribution in [-0.4, -0.2) is 32.4 Å². The summed E-state index contributed by atoms with van der Waals surface area (Å²) >= 11 is 6.32. The van der Waals surface area contributed by atoms with Gasteiger partial charge in [0.15, 0.2) is 0 Å². The number of halogens is 1. The molecule has 116 valence electrons. The molecule has 0 bridgehead atoms. The molecular formula is C15H22ClN3O2. The topological polar surface area (TPSA) is 54.4 Å². The molecule has 0 saturated heterocycles. The Kier molecular flexibility index (Phi) is 5.45. The van der Waals surface area contributed by atoms with Crippen LogP contribution >= 0.6 is 11.6 Å². The van der Waals surface area contributed by atoms with E-state index < -0.39 is 0 Å². The number of hydrogen-bond acceptors (Lipinski definition) is 4. The highest BCUT2D eigenvalue weighted by Crippen LogP contribution is 2.23. The predicted molar refractivity (Wildman–Crippen MR) is 82.1 cm³/mol. The van der Waals surface area contributed by atoms with Crippen molar-refractivity contribution in [1.29, 1.82) is 0 Å². The van der Waals surface area contributed by atoms with Crippen molar-refractivity contribution >= 4 is 11.6 Å². The molecule has 2 heterocycles. The molecule has 0 aliphatic carbocycles. The maximum Gasteiger partial charge on any atom is 0.131 e. The van der Waals surface area contributed by atoms with Gasteiger partial charge in [-0.2, -0.15) is 5.10 Å². The largest absolute Gasteiger partial charge is 0.468 e. The summed E-state index contributed by atoms with van der Waals surface area (Å²) < 4.78 is 7.11. The van der Waals surface area contributed by atoms with Crippen LogP contribution in [0.5, 0.6) is 0 Å². The molecule has 0 radical (unpaired) electrons. The number of rotatable bonds is 7. The second-order valence-corrected chi connectivity index (χ2v) is 5.57. The van der Waals surface area contributed by atoms with E-state index in [1.807, 2.05) is 26.1 Å². The van der Waals surface area contributed by atoms with Gasteiger partial charge in [0.05, 0.1) is 25.1 Å². The summed E-state index contributed by atoms with van der Waals surface area (Å²) in [7, 11) is 1.83. The molecule has 0 aliphatic heterocycles. The summed E-state index contributed by atoms with van der Waals surface area (Å²) in [6.07, 6.45) is 2.52. The van der Waals surface area contributed by atoms with Crippen molar-refractivity contribution in [2.45, 2.75) is 39.4 Å². The summed E-state index contributed by atoms with van der Waals surface area (Å²) in [6, 6.07) is 3.87. The molecule has 0 aliphatic rings. The number of aliphatic hydroxyl groups excluding tert-OH is 1. The second kappa shape index (κ2) is 7.11. The summed E-state index contributed by atoms with van der Waals surface area (Å²) in [5.41, 5.74) is 1.91. The maximum absolute atomic E-state index is 9.62. The van der Waals surface area contributed by atoms with Gasteiger partial charge in [-0.15, -0.1) is 0 Å². The highest BCUT2D eigenvalue weighted by molar-refractivity contribution is 6.30. The van der Waals surface area contributed by atoms with Gasteiger partial charge < -0.3 is 9.52 Å². The van der Waals surface area contributed by atoms with Gasteiger partial charge in [-0.1, -0.05) is 18.5 Å². The molecule has 0 amide bonds. The minimum atomic E-state index is 0.0609. The lowest BCUT2D eigenvalue weighted by Crippen LogP contribution is -2.36. The van der Waals surface area contributed by atoms with Crippen molar-refractivity contribution in [1.82, 2.24) is 14.7 Å². The highest BCUT2D eigenvalue weighted by atomic mass is 35.5. The second-order valence-electron chi connectivity index (χ2n) is 5.21. The molecule has 0 fully saturated rings. The third-order valence-corrected chi connectivity index (χ3v) is 4.24. The zero-order chi connectivity index (χ0) is 15.4. The predicted octanol–water partition coefficient (Wildman–Crippen LogP) is 2.75. The van der Waals surface area contributed by atoms with Gasteiger partial charge in [0, 0.05) is 25.2 Å². The van der Waals surface area contributed by atoms with Gasteiger partial charge in [-0.05, 0) is 25.5 Å². The Morgan fingerprint density at radius 2 is 2.24 bits per heavy atom. The Morgan fingerprint density at radius 3 is 2.71 bits per heavy atom. The van der Waals surface area contributed by atoms with Crippen LogP contribution in [0.4, 0.5) is 0 Å². The van der Waals surface area contributed by atoms with E-state index in [0.29, 0.717) is 18.2 Å². The van der Waals surface area contributed by atoms with Crippen LogP contribution in [0, 0.1) is 6.92 Å². The van der Waals surface area contributed by atoms with Crippen molar-refractivity contribution in [3.63, 3.8) is 0 Å². The summed E-state index contributed by atoms with van der Waals surface area (Å²) in [5.74, 6) is 0.875. The molecule has 1 atom stereocenters. The van der Waals surface area contributed by atoms with Gasteiger partial charge >= 0.3 is 0 Å². The van der Waals surface area contributed by atoms with E-state index in [1.165, 1.54) is 0 Å². The van der Waals surface area contributed by atoms with E-state index >= 15 is 0 Å². The first kappa shape index (κ1) is 16.1. The Morgan fingerprint density at radius 1 is 1.48 bits per heavy atom. The number of hydrogen-bond donors (Lipinski definition) is 1. The van der Waals surface area contributed by atoms with Gasteiger partial charge in [0.1, 0.15) is 10.9 Å². The van der Waals surface area contributed by atoms with Crippen LogP contribution in [0.2, 0.25) is 5.15 Å². The van der Waals surface area contributed by atoms with E-state index in [9.17, 15) is 5.11 Å². The van der Waals surface area contributed by atoms with E-state index in [-0.39, 0.29) is 12.6 Å². The van der Waals surface area contributed by atoms with Crippen LogP contribution < -0.4 is 0 Å². The van der Waals surface area contributed by atoms with Crippen molar-refractivity contribution in [2.24, 2.45) is 7.05 Å². The Balaban J connectivity index is 2.22. The smallest absolute Gasteiger partial charge is 0.131 e. The van der Waals surface area contributed by atoms with Crippen molar-refractivity contribution in [2.75, 3.05) is 6.61 Å². The fourth-order valence-corrected chi connectivity index (χ4v) is 2.71. The zero-order valence-corrected chi connectivity index (χ0v) is 13.5. The van der Waals surface area contributed by atoms with Crippen molar-refractivity contribution in [3.8, 4) is 0 Å². The quantitative estimate of drug-likeness (QED) is 0.854. The SMILES string of the molecule is CCC(CO)N(Cc1ccco1)Cc1c(C)nn(C)c1Cl. The summed E-state index contributed by atoms with van der Waals surface area (Å²) in [6.45, 7) is 5.39. The van der Waals surface area contributed by atoms with Gasteiger partial charge in [-0.3, -0.25) is 9.58 Å². The van der Waals surface area contributed by atoms with Crippen molar-refractivity contribution in [3.05, 3.63) is 40.6 Å². The van der Waals surface area contributed by atoms with Crippen LogP contribution in [0.1, 0.15) is 30.4 Å². The van der Waals surface area contributed by atoms with E-state index in [2.05, 4.69) is 16.9 Å². The average molecular weight is 312 g/mol. The van der Waals surface area contributed by atoms with E-state index in [1.54, 1.807) is 10.9 Å². The summed E-state index contributed by atoms with van der Waals surface area (Å²) in [5, 5.41) is 14.6. The first-order chi connectivity index (χ1) is 10.1. The Hall–Kier alpha value is -1.30. The van der Waals surface area contributed by atoms with Crippen LogP contribution in [0.3, 0.4) is 0 Å². The minimum Gasteiger partial charge on any atom is -0.468 e. The Labute approximate surface area is 130 Å². The molecule has 2 rings (SSSR count). The lowest BCUT2D eigenvalue weighted by Gasteiger charge is -2.29. The third-order valence-electron chi connectivity index (χ3n) is 3.77. The molecule has 6 heteroatoms. The molecule has 2 aromatic heterocycles. The highest BCUT2D eigenvalue weighted by Gasteiger charge is 2.21. The minimum absolute atomic E-state index is 0.0609. The third kappa shape index (κ3) is 3.67. The van der Waals surface area contributed by atoms with Crippen molar-refractivity contribution < 1.29 is 9.52 Å². The fraction of sp³-hybridized carbons (Fsp3) is 0.533. The first-order valence-corrected chi connectivity index (χ1v) is 7.49. The number of aryl methyl sites for hydroxylation is 2. The lowest BCUT2D eigenvalue weighted by molar-refractivity contribution is 0.0997. The molecular weight excluding hydrogens is 290 g/mol. The Bertz CT molecular complexity index is 562. The monoisotopic (exact) mass is 311 g/mol.